The summed E-state index contributed by atoms with van der Waals surface area (Å²) in [6, 6.07) is 14.7. The van der Waals surface area contributed by atoms with Crippen LogP contribution in [0, 0.1) is 11.3 Å². The predicted octanol–water partition coefficient (Wildman–Crippen LogP) is 2.85. The van der Waals surface area contributed by atoms with Crippen LogP contribution in [0.2, 0.25) is 0 Å². The van der Waals surface area contributed by atoms with Gasteiger partial charge in [-0.05, 0) is 49.4 Å². The molecule has 9 heteroatoms. The van der Waals surface area contributed by atoms with Crippen LogP contribution in [-0.2, 0) is 4.74 Å². The first-order valence-corrected chi connectivity index (χ1v) is 9.15. The Hall–Kier alpha value is -4.32. The lowest BCUT2D eigenvalue weighted by Gasteiger charge is -2.08. The molecule has 0 bridgehead atoms. The van der Waals surface area contributed by atoms with Gasteiger partial charge in [-0.15, -0.1) is 10.2 Å². The van der Waals surface area contributed by atoms with E-state index in [0.717, 1.165) is 11.4 Å². The van der Waals surface area contributed by atoms with Gasteiger partial charge in [0, 0.05) is 11.9 Å². The van der Waals surface area contributed by atoms with Gasteiger partial charge in [-0.3, -0.25) is 0 Å². The number of ether oxygens (including phenoxy) is 2. The number of benzene rings is 2. The number of carbonyl (C=O) groups excluding carboxylic acids is 1. The largest absolute Gasteiger partial charge is 0.494 e. The molecule has 0 spiro atoms. The van der Waals surface area contributed by atoms with E-state index >= 15 is 0 Å². The van der Waals surface area contributed by atoms with Gasteiger partial charge in [0.05, 0.1) is 30.7 Å². The fourth-order valence-corrected chi connectivity index (χ4v) is 3.13. The van der Waals surface area contributed by atoms with Crippen molar-refractivity contribution in [1.29, 1.82) is 5.26 Å². The number of aromatic nitrogens is 4. The van der Waals surface area contributed by atoms with E-state index in [0.29, 0.717) is 23.3 Å². The smallest absolute Gasteiger partial charge is 0.357 e. The Kier molecular flexibility index (Phi) is 4.82. The molecule has 2 N–H and O–H groups in total. The average molecular weight is 402 g/mol. The van der Waals surface area contributed by atoms with Crippen LogP contribution < -0.4 is 10.5 Å². The Morgan fingerprint density at radius 1 is 1.13 bits per heavy atom. The molecule has 2 aromatic heterocycles. The lowest BCUT2D eigenvalue weighted by atomic mass is 10.2. The monoisotopic (exact) mass is 402 g/mol. The number of rotatable bonds is 5. The normalized spacial score (nSPS) is 10.7. The van der Waals surface area contributed by atoms with E-state index < -0.39 is 5.97 Å². The number of nitrogens with zero attached hydrogens (tertiary/aromatic N) is 5. The summed E-state index contributed by atoms with van der Waals surface area (Å²) in [5.74, 6) is 0.140. The van der Waals surface area contributed by atoms with Crippen molar-refractivity contribution in [2.45, 2.75) is 6.92 Å². The van der Waals surface area contributed by atoms with Gasteiger partial charge >= 0.3 is 5.97 Å². The van der Waals surface area contributed by atoms with Crippen LogP contribution in [0.25, 0.3) is 22.4 Å². The summed E-state index contributed by atoms with van der Waals surface area (Å²) in [5.41, 5.74) is 8.99. The van der Waals surface area contributed by atoms with Gasteiger partial charge < -0.3 is 19.8 Å². The minimum atomic E-state index is -0.632. The van der Waals surface area contributed by atoms with E-state index in [2.05, 4.69) is 10.2 Å². The van der Waals surface area contributed by atoms with Crippen LogP contribution in [-0.4, -0.2) is 39.2 Å². The number of methoxy groups -OCH3 is 1. The second-order valence-electron chi connectivity index (χ2n) is 6.37. The summed E-state index contributed by atoms with van der Waals surface area (Å²) in [5, 5.41) is 18.3. The molecule has 2 aromatic carbocycles. The van der Waals surface area contributed by atoms with Crippen molar-refractivity contribution in [3.05, 3.63) is 59.9 Å². The first-order valence-electron chi connectivity index (χ1n) is 9.15. The second-order valence-corrected chi connectivity index (χ2v) is 6.37. The van der Waals surface area contributed by atoms with E-state index in [-0.39, 0.29) is 16.9 Å². The fourth-order valence-electron chi connectivity index (χ4n) is 3.13. The van der Waals surface area contributed by atoms with Crippen molar-refractivity contribution >= 4 is 22.7 Å². The van der Waals surface area contributed by atoms with Crippen molar-refractivity contribution in [3.63, 3.8) is 0 Å². The summed E-state index contributed by atoms with van der Waals surface area (Å²) < 4.78 is 11.8. The third-order valence-corrected chi connectivity index (χ3v) is 4.56. The maximum absolute atomic E-state index is 12.2. The number of nitrogens with two attached hydrogens (primary N) is 1. The van der Waals surface area contributed by atoms with Crippen LogP contribution in [0.5, 0.6) is 5.75 Å². The Morgan fingerprint density at radius 3 is 2.50 bits per heavy atom. The summed E-state index contributed by atoms with van der Waals surface area (Å²) in [4.78, 5) is 13.7. The van der Waals surface area contributed by atoms with E-state index in [1.54, 1.807) is 18.2 Å². The Balaban J connectivity index is 1.77. The lowest BCUT2D eigenvalue weighted by Crippen LogP contribution is -2.11. The molecular formula is C21H18N6O3. The van der Waals surface area contributed by atoms with Crippen LogP contribution >= 0.6 is 0 Å². The van der Waals surface area contributed by atoms with Crippen LogP contribution in [0.1, 0.15) is 23.0 Å². The Labute approximate surface area is 171 Å². The highest BCUT2D eigenvalue weighted by molar-refractivity contribution is 5.96. The maximum Gasteiger partial charge on any atom is 0.357 e. The SMILES string of the molecule is CCOc1ccc(-n2nc3ccc(-n4cc(C#N)c(N)c4C(=O)OC)cc3n2)cc1. The molecule has 9 nitrogen and oxygen atoms in total. The molecule has 0 atom stereocenters. The molecule has 30 heavy (non-hydrogen) atoms. The molecule has 0 saturated carbocycles. The van der Waals surface area contributed by atoms with Crippen LogP contribution in [0.4, 0.5) is 5.69 Å². The molecule has 0 unspecified atom stereocenters. The molecular weight excluding hydrogens is 384 g/mol. The average Bonchev–Trinajstić information content (AvgIpc) is 3.34. The van der Waals surface area contributed by atoms with Gasteiger partial charge in [0.15, 0.2) is 5.69 Å². The molecule has 0 aliphatic carbocycles. The predicted molar refractivity (Wildman–Crippen MR) is 110 cm³/mol. The van der Waals surface area contributed by atoms with Gasteiger partial charge in [-0.1, -0.05) is 0 Å². The number of fused-ring (bicyclic) bond motifs is 1. The highest BCUT2D eigenvalue weighted by Crippen LogP contribution is 2.26. The topological polar surface area (TPSA) is 121 Å². The zero-order valence-electron chi connectivity index (χ0n) is 16.4. The number of hydrogen-bond acceptors (Lipinski definition) is 7. The minimum Gasteiger partial charge on any atom is -0.494 e. The van der Waals surface area contributed by atoms with E-state index in [1.165, 1.54) is 22.7 Å². The number of nitrogen functional groups attached to an aromatic ring is 1. The molecule has 0 amide bonds. The minimum absolute atomic E-state index is 0.0717. The third-order valence-electron chi connectivity index (χ3n) is 4.56. The molecule has 2 heterocycles. The lowest BCUT2D eigenvalue weighted by molar-refractivity contribution is 0.0593. The molecule has 0 aliphatic rings. The zero-order chi connectivity index (χ0) is 21.3. The maximum atomic E-state index is 12.2. The highest BCUT2D eigenvalue weighted by atomic mass is 16.5. The quantitative estimate of drug-likeness (QED) is 0.509. The van der Waals surface area contributed by atoms with Gasteiger partial charge in [0.2, 0.25) is 0 Å². The summed E-state index contributed by atoms with van der Waals surface area (Å²) in [7, 11) is 1.26. The number of carbonyl (C=O) groups is 1. The summed E-state index contributed by atoms with van der Waals surface area (Å²) in [6.45, 7) is 2.52. The molecule has 0 radical (unpaired) electrons. The van der Waals surface area contributed by atoms with Gasteiger partial charge in [0.25, 0.3) is 0 Å². The number of hydrogen-bond donors (Lipinski definition) is 1. The van der Waals surface area contributed by atoms with E-state index in [9.17, 15) is 10.1 Å². The molecule has 0 fully saturated rings. The first kappa shape index (κ1) is 19.0. The number of nitriles is 1. The van der Waals surface area contributed by atoms with E-state index in [4.69, 9.17) is 15.2 Å². The standard InChI is InChI=1S/C21H18N6O3/c1-3-30-16-7-4-14(5-8-16)27-24-17-9-6-15(10-18(17)25-27)26-12-13(11-22)19(23)20(26)21(28)29-2/h4-10,12H,3,23H2,1-2H3. The Morgan fingerprint density at radius 2 is 1.83 bits per heavy atom. The summed E-state index contributed by atoms with van der Waals surface area (Å²) in [6.07, 6.45) is 1.50. The van der Waals surface area contributed by atoms with Gasteiger partial charge in [-0.25, -0.2) is 4.79 Å². The van der Waals surface area contributed by atoms with Crippen molar-refractivity contribution in [2.75, 3.05) is 19.5 Å². The molecule has 0 saturated heterocycles. The van der Waals surface area contributed by atoms with Crippen LogP contribution in [0.3, 0.4) is 0 Å². The number of anilines is 1. The summed E-state index contributed by atoms with van der Waals surface area (Å²) >= 11 is 0. The van der Waals surface area contributed by atoms with Gasteiger partial charge in [0.1, 0.15) is 22.9 Å². The van der Waals surface area contributed by atoms with E-state index in [1.807, 2.05) is 37.3 Å². The first-order chi connectivity index (χ1) is 14.5. The second kappa shape index (κ2) is 7.60. The molecule has 150 valence electrons. The molecule has 4 rings (SSSR count). The van der Waals surface area contributed by atoms with Gasteiger partial charge in [-0.2, -0.15) is 10.1 Å². The van der Waals surface area contributed by atoms with Crippen molar-refractivity contribution in [3.8, 4) is 23.2 Å². The zero-order valence-corrected chi connectivity index (χ0v) is 16.4. The highest BCUT2D eigenvalue weighted by Gasteiger charge is 2.22. The van der Waals surface area contributed by atoms with Crippen molar-refractivity contribution in [1.82, 2.24) is 19.6 Å². The fraction of sp³-hybridized carbons (Fsp3) is 0.143. The van der Waals surface area contributed by atoms with Crippen molar-refractivity contribution < 1.29 is 14.3 Å². The molecule has 0 aliphatic heterocycles. The molecule has 4 aromatic rings. The Bertz CT molecular complexity index is 1280. The third kappa shape index (κ3) is 3.20. The van der Waals surface area contributed by atoms with Crippen molar-refractivity contribution in [2.24, 2.45) is 0 Å². The number of esters is 1. The van der Waals surface area contributed by atoms with Crippen LogP contribution in [0.15, 0.2) is 48.7 Å².